The van der Waals surface area contributed by atoms with Gasteiger partial charge in [-0.2, -0.15) is 0 Å². The summed E-state index contributed by atoms with van der Waals surface area (Å²) in [6, 6.07) is 12.2. The van der Waals surface area contributed by atoms with E-state index >= 15 is 0 Å². The van der Waals surface area contributed by atoms with Crippen LogP contribution in [-0.2, 0) is 14.3 Å². The van der Waals surface area contributed by atoms with Crippen molar-refractivity contribution in [3.05, 3.63) is 48.0 Å². The van der Waals surface area contributed by atoms with Gasteiger partial charge in [0.25, 0.3) is 5.91 Å². The fourth-order valence-corrected chi connectivity index (χ4v) is 2.05. The number of hydrogen-bond donors (Lipinski definition) is 1. The molecule has 0 aromatic heterocycles. The Morgan fingerprint density at radius 1 is 0.923 bits per heavy atom. The first-order valence-electron chi connectivity index (χ1n) is 7.89. The van der Waals surface area contributed by atoms with Gasteiger partial charge < -0.3 is 24.3 Å². The molecule has 0 bridgehead atoms. The molecule has 0 fully saturated rings. The van der Waals surface area contributed by atoms with Gasteiger partial charge in [-0.05, 0) is 31.2 Å². The predicted octanol–water partition coefficient (Wildman–Crippen LogP) is 2.57. The second kappa shape index (κ2) is 9.31. The monoisotopic (exact) mass is 359 g/mol. The van der Waals surface area contributed by atoms with Crippen molar-refractivity contribution in [2.45, 2.75) is 6.92 Å². The zero-order chi connectivity index (χ0) is 18.9. The van der Waals surface area contributed by atoms with Crippen molar-refractivity contribution in [2.24, 2.45) is 0 Å². The molecule has 0 heterocycles. The van der Waals surface area contributed by atoms with Crippen LogP contribution in [0, 0.1) is 6.92 Å². The van der Waals surface area contributed by atoms with Crippen molar-refractivity contribution in [1.82, 2.24) is 0 Å². The van der Waals surface area contributed by atoms with Gasteiger partial charge >= 0.3 is 5.97 Å². The smallest absolute Gasteiger partial charge is 0.344 e. The summed E-state index contributed by atoms with van der Waals surface area (Å²) in [5.74, 6) is 0.464. The minimum Gasteiger partial charge on any atom is -0.497 e. The van der Waals surface area contributed by atoms with Crippen LogP contribution in [0.1, 0.15) is 5.56 Å². The SMILES string of the molecule is COc1ccc(NC(=O)COC(=O)COc2ccc(C)cc2)c(OC)c1. The van der Waals surface area contributed by atoms with Crippen molar-refractivity contribution < 1.29 is 28.5 Å². The molecule has 26 heavy (non-hydrogen) atoms. The Balaban J connectivity index is 1.79. The summed E-state index contributed by atoms with van der Waals surface area (Å²) < 4.78 is 20.5. The lowest BCUT2D eigenvalue weighted by molar-refractivity contribution is -0.149. The van der Waals surface area contributed by atoms with Crippen molar-refractivity contribution >= 4 is 17.6 Å². The number of rotatable bonds is 8. The molecule has 0 aliphatic heterocycles. The summed E-state index contributed by atoms with van der Waals surface area (Å²) in [7, 11) is 3.01. The van der Waals surface area contributed by atoms with E-state index in [4.69, 9.17) is 18.9 Å². The molecule has 2 rings (SSSR count). The number of esters is 1. The lowest BCUT2D eigenvalue weighted by Gasteiger charge is -2.12. The fraction of sp³-hybridized carbons (Fsp3) is 0.263. The highest BCUT2D eigenvalue weighted by Gasteiger charge is 2.12. The number of hydrogen-bond acceptors (Lipinski definition) is 6. The van der Waals surface area contributed by atoms with Gasteiger partial charge in [0.2, 0.25) is 0 Å². The number of nitrogens with one attached hydrogen (secondary N) is 1. The molecule has 0 atom stereocenters. The summed E-state index contributed by atoms with van der Waals surface area (Å²) in [5.41, 5.74) is 1.54. The Morgan fingerprint density at radius 2 is 1.62 bits per heavy atom. The maximum Gasteiger partial charge on any atom is 0.344 e. The molecule has 0 unspecified atom stereocenters. The molecule has 1 amide bonds. The molecule has 0 spiro atoms. The number of carbonyl (C=O) groups excluding carboxylic acids is 2. The highest BCUT2D eigenvalue weighted by atomic mass is 16.6. The van der Waals surface area contributed by atoms with Crippen LogP contribution in [0.5, 0.6) is 17.2 Å². The van der Waals surface area contributed by atoms with Gasteiger partial charge in [-0.15, -0.1) is 0 Å². The average Bonchev–Trinajstić information content (AvgIpc) is 2.66. The van der Waals surface area contributed by atoms with Crippen LogP contribution >= 0.6 is 0 Å². The normalized spacial score (nSPS) is 9.96. The van der Waals surface area contributed by atoms with Gasteiger partial charge in [0.1, 0.15) is 17.2 Å². The zero-order valence-corrected chi connectivity index (χ0v) is 14.9. The van der Waals surface area contributed by atoms with Gasteiger partial charge in [-0.3, -0.25) is 4.79 Å². The Labute approximate surface area is 151 Å². The van der Waals surface area contributed by atoms with E-state index in [1.807, 2.05) is 19.1 Å². The van der Waals surface area contributed by atoms with Crippen molar-refractivity contribution in [3.8, 4) is 17.2 Å². The van der Waals surface area contributed by atoms with Crippen molar-refractivity contribution in [1.29, 1.82) is 0 Å². The Kier molecular flexibility index (Phi) is 6.84. The Morgan fingerprint density at radius 3 is 2.27 bits per heavy atom. The molecule has 7 nitrogen and oxygen atoms in total. The predicted molar refractivity (Wildman–Crippen MR) is 95.8 cm³/mol. The molecule has 0 saturated heterocycles. The van der Waals surface area contributed by atoms with Crippen LogP contribution in [0.3, 0.4) is 0 Å². The molecule has 7 heteroatoms. The van der Waals surface area contributed by atoms with E-state index in [1.165, 1.54) is 14.2 Å². The average molecular weight is 359 g/mol. The van der Waals surface area contributed by atoms with Crippen LogP contribution in [0.15, 0.2) is 42.5 Å². The molecular weight excluding hydrogens is 338 g/mol. The number of amides is 1. The lowest BCUT2D eigenvalue weighted by atomic mass is 10.2. The third kappa shape index (κ3) is 5.70. The number of methoxy groups -OCH3 is 2. The second-order valence-corrected chi connectivity index (χ2v) is 5.38. The van der Waals surface area contributed by atoms with Crippen LogP contribution in [-0.4, -0.2) is 39.3 Å². The molecule has 1 N–H and O–H groups in total. The van der Waals surface area contributed by atoms with Crippen LogP contribution in [0.25, 0.3) is 0 Å². The van der Waals surface area contributed by atoms with Crippen LogP contribution in [0.4, 0.5) is 5.69 Å². The first-order chi connectivity index (χ1) is 12.5. The summed E-state index contributed by atoms with van der Waals surface area (Å²) in [5, 5.41) is 2.61. The van der Waals surface area contributed by atoms with Gasteiger partial charge in [-0.1, -0.05) is 17.7 Å². The van der Waals surface area contributed by atoms with E-state index in [2.05, 4.69) is 5.32 Å². The van der Waals surface area contributed by atoms with Gasteiger partial charge in [-0.25, -0.2) is 4.79 Å². The molecule has 2 aromatic carbocycles. The molecule has 0 radical (unpaired) electrons. The van der Waals surface area contributed by atoms with E-state index < -0.39 is 18.5 Å². The fourth-order valence-electron chi connectivity index (χ4n) is 2.05. The second-order valence-electron chi connectivity index (χ2n) is 5.38. The number of carbonyl (C=O) groups is 2. The minimum absolute atomic E-state index is 0.276. The minimum atomic E-state index is -0.637. The number of ether oxygens (including phenoxy) is 4. The molecule has 0 saturated carbocycles. The summed E-state index contributed by atoms with van der Waals surface area (Å²) in [6.07, 6.45) is 0. The van der Waals surface area contributed by atoms with Crippen LogP contribution < -0.4 is 19.5 Å². The maximum atomic E-state index is 11.9. The summed E-state index contributed by atoms with van der Waals surface area (Å²) >= 11 is 0. The third-order valence-electron chi connectivity index (χ3n) is 3.42. The third-order valence-corrected chi connectivity index (χ3v) is 3.42. The quantitative estimate of drug-likeness (QED) is 0.730. The van der Waals surface area contributed by atoms with E-state index in [1.54, 1.807) is 30.3 Å². The van der Waals surface area contributed by atoms with E-state index in [0.717, 1.165) is 5.56 Å². The van der Waals surface area contributed by atoms with Gasteiger partial charge in [0.15, 0.2) is 13.2 Å². The largest absolute Gasteiger partial charge is 0.497 e. The maximum absolute atomic E-state index is 11.9. The number of benzene rings is 2. The Bertz CT molecular complexity index is 757. The lowest BCUT2D eigenvalue weighted by Crippen LogP contribution is -2.23. The van der Waals surface area contributed by atoms with Crippen molar-refractivity contribution in [2.75, 3.05) is 32.8 Å². The standard InChI is InChI=1S/C19H21NO6/c1-13-4-6-14(7-5-13)25-12-19(22)26-11-18(21)20-16-9-8-15(23-2)10-17(16)24-3/h4-10H,11-12H2,1-3H3,(H,20,21). The molecule has 138 valence electrons. The molecule has 0 aliphatic rings. The van der Waals surface area contributed by atoms with Gasteiger partial charge in [0, 0.05) is 6.07 Å². The van der Waals surface area contributed by atoms with Gasteiger partial charge in [0.05, 0.1) is 19.9 Å². The highest BCUT2D eigenvalue weighted by Crippen LogP contribution is 2.28. The van der Waals surface area contributed by atoms with Crippen molar-refractivity contribution in [3.63, 3.8) is 0 Å². The molecule has 0 aliphatic carbocycles. The first kappa shape index (κ1) is 19.1. The zero-order valence-electron chi connectivity index (χ0n) is 14.9. The molecular formula is C19H21NO6. The number of anilines is 1. The van der Waals surface area contributed by atoms with E-state index in [-0.39, 0.29) is 6.61 Å². The van der Waals surface area contributed by atoms with Crippen LogP contribution in [0.2, 0.25) is 0 Å². The number of aryl methyl sites for hydroxylation is 1. The first-order valence-corrected chi connectivity index (χ1v) is 7.89. The van der Waals surface area contributed by atoms with E-state index in [0.29, 0.717) is 22.9 Å². The van der Waals surface area contributed by atoms with E-state index in [9.17, 15) is 9.59 Å². The Hall–Kier alpha value is -3.22. The summed E-state index contributed by atoms with van der Waals surface area (Å²) in [6.45, 7) is 1.25. The molecule has 2 aromatic rings. The summed E-state index contributed by atoms with van der Waals surface area (Å²) in [4.78, 5) is 23.6. The highest BCUT2D eigenvalue weighted by molar-refractivity contribution is 5.94. The topological polar surface area (TPSA) is 83.1 Å².